The zero-order chi connectivity index (χ0) is 27.1. The van der Waals surface area contributed by atoms with E-state index < -0.39 is 12.7 Å². The van der Waals surface area contributed by atoms with Crippen molar-refractivity contribution in [2.24, 2.45) is 10.2 Å². The number of carbonyl (C=O) groups excluding carboxylic acids is 1. The van der Waals surface area contributed by atoms with E-state index in [-0.39, 0.29) is 30.9 Å². The molecule has 10 nitrogen and oxygen atoms in total. The smallest absolute Gasteiger partial charge is 0.195 e. The van der Waals surface area contributed by atoms with Crippen LogP contribution in [0.3, 0.4) is 0 Å². The molecule has 0 aliphatic rings. The van der Waals surface area contributed by atoms with Crippen molar-refractivity contribution in [3.05, 3.63) is 59.9 Å². The van der Waals surface area contributed by atoms with Gasteiger partial charge in [-0.2, -0.15) is 5.11 Å². The maximum atomic E-state index is 12.8. The summed E-state index contributed by atoms with van der Waals surface area (Å²) < 4.78 is 11.6. The van der Waals surface area contributed by atoms with Crippen molar-refractivity contribution < 1.29 is 29.6 Å². The number of phenolic OH excluding ortho intramolecular Hbond substituents is 1. The van der Waals surface area contributed by atoms with Crippen molar-refractivity contribution in [1.82, 2.24) is 9.97 Å². The summed E-state index contributed by atoms with van der Waals surface area (Å²) in [5, 5.41) is 37.6. The number of benzene rings is 2. The summed E-state index contributed by atoms with van der Waals surface area (Å²) in [5.74, 6) is 1.17. The topological polar surface area (TPSA) is 147 Å². The first-order valence-corrected chi connectivity index (χ1v) is 12.8. The third-order valence-electron chi connectivity index (χ3n) is 5.69. The lowest BCUT2D eigenvalue weighted by Crippen LogP contribution is -2.18. The number of azo groups is 1. The van der Waals surface area contributed by atoms with E-state index in [0.29, 0.717) is 39.7 Å². The van der Waals surface area contributed by atoms with Crippen LogP contribution < -0.4 is 9.47 Å². The number of hydrogen-bond acceptors (Lipinski definition) is 11. The van der Waals surface area contributed by atoms with E-state index in [1.54, 1.807) is 18.2 Å². The number of Topliss-reactive ketones (excluding diaryl/α,β-unsaturated/α-hetero) is 1. The van der Waals surface area contributed by atoms with Crippen LogP contribution in [-0.2, 0) is 17.8 Å². The molecular weight excluding hydrogens is 508 g/mol. The molecule has 1 unspecified atom stereocenters. The molecule has 38 heavy (non-hydrogen) atoms. The van der Waals surface area contributed by atoms with Gasteiger partial charge in [0.25, 0.3) is 0 Å². The molecule has 0 amide bonds. The van der Waals surface area contributed by atoms with Gasteiger partial charge in [-0.25, -0.2) is 9.97 Å². The molecule has 0 saturated carbocycles. The molecule has 0 aliphatic carbocycles. The first-order valence-electron chi connectivity index (χ1n) is 12.0. The second-order valence-electron chi connectivity index (χ2n) is 8.38. The summed E-state index contributed by atoms with van der Waals surface area (Å²) in [5.41, 5.74) is 2.78. The number of hydrogen-bond donors (Lipinski definition) is 3. The first kappa shape index (κ1) is 27.1. The lowest BCUT2D eigenvalue weighted by Gasteiger charge is -2.11. The Morgan fingerprint density at radius 2 is 1.97 bits per heavy atom. The molecule has 2 aromatic heterocycles. The van der Waals surface area contributed by atoms with Gasteiger partial charge in [-0.3, -0.25) is 4.79 Å². The Hall–Kier alpha value is -3.93. The van der Waals surface area contributed by atoms with Gasteiger partial charge in [0.1, 0.15) is 22.6 Å². The molecule has 2 heterocycles. The fourth-order valence-corrected chi connectivity index (χ4v) is 5.18. The SMILES string of the molecule is CCOc1ccccc1-c1sc2c(N=NCc3ccc(OC)c(O)c3)ncnc2c1CC(=O)CC(O)CO. The van der Waals surface area contributed by atoms with Crippen molar-refractivity contribution in [3.8, 4) is 27.7 Å². The lowest BCUT2D eigenvalue weighted by molar-refractivity contribution is -0.120. The second-order valence-corrected chi connectivity index (χ2v) is 9.40. The number of aliphatic hydroxyl groups excluding tert-OH is 2. The minimum atomic E-state index is -1.12. The maximum absolute atomic E-state index is 12.8. The number of carbonyl (C=O) groups is 1. The van der Waals surface area contributed by atoms with Gasteiger partial charge in [0.2, 0.25) is 0 Å². The van der Waals surface area contributed by atoms with Crippen LogP contribution in [0.25, 0.3) is 20.7 Å². The molecule has 0 bridgehead atoms. The first-order chi connectivity index (χ1) is 18.4. The van der Waals surface area contributed by atoms with Crippen LogP contribution >= 0.6 is 11.3 Å². The minimum absolute atomic E-state index is 0.00553. The van der Waals surface area contributed by atoms with Crippen molar-refractivity contribution in [3.63, 3.8) is 0 Å². The number of para-hydroxylation sites is 1. The van der Waals surface area contributed by atoms with Crippen molar-refractivity contribution in [2.75, 3.05) is 20.3 Å². The molecule has 11 heteroatoms. The number of nitrogens with zero attached hydrogens (tertiary/aromatic N) is 4. The second kappa shape index (κ2) is 12.5. The van der Waals surface area contributed by atoms with Crippen LogP contribution in [-0.4, -0.2) is 57.5 Å². The van der Waals surface area contributed by atoms with Gasteiger partial charge < -0.3 is 24.8 Å². The van der Waals surface area contributed by atoms with Gasteiger partial charge in [-0.1, -0.05) is 18.2 Å². The molecule has 0 radical (unpaired) electrons. The van der Waals surface area contributed by atoms with E-state index >= 15 is 0 Å². The fourth-order valence-electron chi connectivity index (χ4n) is 3.95. The van der Waals surface area contributed by atoms with Gasteiger partial charge in [-0.05, 0) is 36.8 Å². The van der Waals surface area contributed by atoms with E-state index in [1.807, 2.05) is 31.2 Å². The number of rotatable bonds is 12. The Morgan fingerprint density at radius 1 is 1.16 bits per heavy atom. The summed E-state index contributed by atoms with van der Waals surface area (Å²) in [6, 6.07) is 12.5. The number of thiophene rings is 1. The number of methoxy groups -OCH3 is 1. The average molecular weight is 537 g/mol. The van der Waals surface area contributed by atoms with Crippen LogP contribution in [0.5, 0.6) is 17.2 Å². The van der Waals surface area contributed by atoms with Gasteiger partial charge in [0, 0.05) is 28.8 Å². The number of phenols is 1. The molecule has 198 valence electrons. The zero-order valence-electron chi connectivity index (χ0n) is 21.0. The molecule has 2 aromatic carbocycles. The summed E-state index contributed by atoms with van der Waals surface area (Å²) in [4.78, 5) is 22.3. The van der Waals surface area contributed by atoms with Crippen LogP contribution in [0, 0.1) is 0 Å². The summed E-state index contributed by atoms with van der Waals surface area (Å²) >= 11 is 1.38. The number of fused-ring (bicyclic) bond motifs is 1. The Bertz CT molecular complexity index is 1460. The molecule has 0 fully saturated rings. The molecule has 0 saturated heterocycles. The van der Waals surface area contributed by atoms with Crippen molar-refractivity contribution >= 4 is 33.2 Å². The largest absolute Gasteiger partial charge is 0.504 e. The van der Waals surface area contributed by atoms with Gasteiger partial charge in [-0.15, -0.1) is 16.5 Å². The highest BCUT2D eigenvalue weighted by molar-refractivity contribution is 7.23. The predicted octanol–water partition coefficient (Wildman–Crippen LogP) is 4.61. The Balaban J connectivity index is 1.74. The maximum Gasteiger partial charge on any atom is 0.195 e. The monoisotopic (exact) mass is 536 g/mol. The summed E-state index contributed by atoms with van der Waals surface area (Å²) in [7, 11) is 1.48. The number of ether oxygens (including phenoxy) is 2. The predicted molar refractivity (Wildman–Crippen MR) is 143 cm³/mol. The van der Waals surface area contributed by atoms with Gasteiger partial charge >= 0.3 is 0 Å². The molecule has 4 rings (SSSR count). The summed E-state index contributed by atoms with van der Waals surface area (Å²) in [6.07, 6.45) is 0.0818. The van der Waals surface area contributed by atoms with E-state index in [0.717, 1.165) is 16.0 Å². The van der Waals surface area contributed by atoms with E-state index in [2.05, 4.69) is 20.2 Å². The third kappa shape index (κ3) is 6.13. The standard InChI is InChI=1S/C27H28N4O6S/c1-3-37-22-7-5-4-6-19(22)25-20(12-17(33)11-18(34)14-32)24-26(38-25)27(29-15-28-24)31-30-13-16-8-9-23(36-2)21(35)10-16/h4-10,15,18,32,34-35H,3,11-14H2,1-2H3. The van der Waals surface area contributed by atoms with Crippen molar-refractivity contribution in [1.29, 1.82) is 0 Å². The number of aliphatic hydroxyl groups is 2. The van der Waals surface area contributed by atoms with Crippen LogP contribution in [0.2, 0.25) is 0 Å². The van der Waals surface area contributed by atoms with E-state index in [9.17, 15) is 20.1 Å². The fraction of sp³-hybridized carbons (Fsp3) is 0.296. The Labute approximate surface area is 223 Å². The molecule has 0 spiro atoms. The quantitative estimate of drug-likeness (QED) is 0.222. The van der Waals surface area contributed by atoms with Crippen LogP contribution in [0.15, 0.2) is 59.0 Å². The van der Waals surface area contributed by atoms with Crippen molar-refractivity contribution in [2.45, 2.75) is 32.4 Å². The number of aromatic nitrogens is 2. The molecule has 4 aromatic rings. The third-order valence-corrected chi connectivity index (χ3v) is 6.94. The number of aromatic hydroxyl groups is 1. The molecule has 0 aliphatic heterocycles. The number of ketones is 1. The normalized spacial score (nSPS) is 12.2. The highest BCUT2D eigenvalue weighted by Gasteiger charge is 2.23. The minimum Gasteiger partial charge on any atom is -0.504 e. The Morgan fingerprint density at radius 3 is 2.71 bits per heavy atom. The summed E-state index contributed by atoms with van der Waals surface area (Å²) in [6.45, 7) is 2.08. The average Bonchev–Trinajstić information content (AvgIpc) is 3.28. The Kier molecular flexibility index (Phi) is 8.95. The van der Waals surface area contributed by atoms with E-state index in [1.165, 1.54) is 24.8 Å². The highest BCUT2D eigenvalue weighted by atomic mass is 32.1. The van der Waals surface area contributed by atoms with Gasteiger partial charge in [0.05, 0.1) is 38.5 Å². The zero-order valence-corrected chi connectivity index (χ0v) is 21.8. The molecule has 3 N–H and O–H groups in total. The molecule has 1 atom stereocenters. The van der Waals surface area contributed by atoms with Crippen LogP contribution in [0.4, 0.5) is 5.82 Å². The highest BCUT2D eigenvalue weighted by Crippen LogP contribution is 2.44. The van der Waals surface area contributed by atoms with Crippen LogP contribution in [0.1, 0.15) is 24.5 Å². The van der Waals surface area contributed by atoms with Gasteiger partial charge in [0.15, 0.2) is 17.3 Å². The lowest BCUT2D eigenvalue weighted by atomic mass is 10.0. The molecular formula is C27H28N4O6S. The van der Waals surface area contributed by atoms with E-state index in [4.69, 9.17) is 9.47 Å².